The summed E-state index contributed by atoms with van der Waals surface area (Å²) in [6.07, 6.45) is 2.90. The van der Waals surface area contributed by atoms with Gasteiger partial charge in [-0.2, -0.15) is 5.10 Å². The smallest absolute Gasteiger partial charge is 0.256 e. The molecule has 2 rings (SSSR count). The Kier molecular flexibility index (Phi) is 2.82. The molecular formula is C9H9ClN4O2. The number of rotatable bonds is 3. The first kappa shape index (κ1) is 10.6. The molecule has 2 aromatic heterocycles. The van der Waals surface area contributed by atoms with Gasteiger partial charge in [-0.25, -0.2) is 0 Å². The summed E-state index contributed by atoms with van der Waals surface area (Å²) in [6.45, 7) is 0.280. The lowest BCUT2D eigenvalue weighted by Crippen LogP contribution is -2.22. The van der Waals surface area contributed by atoms with E-state index in [1.54, 1.807) is 6.20 Å². The average molecular weight is 241 g/mol. The van der Waals surface area contributed by atoms with Gasteiger partial charge in [-0.3, -0.25) is 9.89 Å². The number of aromatic amines is 1. The number of amides is 1. The van der Waals surface area contributed by atoms with Crippen LogP contribution in [-0.2, 0) is 6.54 Å². The molecule has 1 amide bonds. The molecule has 6 nitrogen and oxygen atoms in total. The number of H-pyrrole nitrogens is 1. The third kappa shape index (κ3) is 2.01. The molecule has 0 aliphatic rings. The van der Waals surface area contributed by atoms with Crippen LogP contribution >= 0.6 is 11.6 Å². The number of nitrogens with two attached hydrogens (primary N) is 1. The average Bonchev–Trinajstić information content (AvgIpc) is 2.84. The molecule has 7 heteroatoms. The second-order valence-electron chi connectivity index (χ2n) is 3.10. The molecule has 2 aromatic rings. The van der Waals surface area contributed by atoms with Crippen molar-refractivity contribution in [2.45, 2.75) is 6.54 Å². The van der Waals surface area contributed by atoms with Crippen molar-refractivity contribution in [3.8, 4) is 0 Å². The molecule has 0 aliphatic heterocycles. The van der Waals surface area contributed by atoms with Gasteiger partial charge in [0, 0.05) is 12.1 Å². The van der Waals surface area contributed by atoms with Crippen LogP contribution in [0.4, 0.5) is 5.82 Å². The summed E-state index contributed by atoms with van der Waals surface area (Å²) < 4.78 is 4.81. The minimum atomic E-state index is -0.320. The lowest BCUT2D eigenvalue weighted by atomic mass is 10.3. The van der Waals surface area contributed by atoms with Gasteiger partial charge < -0.3 is 15.5 Å². The Morgan fingerprint density at radius 2 is 2.50 bits per heavy atom. The Bertz CT molecular complexity index is 505. The van der Waals surface area contributed by atoms with Gasteiger partial charge in [-0.05, 0) is 17.7 Å². The Balaban J connectivity index is 1.99. The maximum Gasteiger partial charge on any atom is 0.256 e. The number of anilines is 1. The van der Waals surface area contributed by atoms with Gasteiger partial charge in [0.2, 0.25) is 5.22 Å². The van der Waals surface area contributed by atoms with Crippen molar-refractivity contribution in [3.05, 3.63) is 34.9 Å². The number of hydrogen-bond donors (Lipinski definition) is 3. The van der Waals surface area contributed by atoms with E-state index in [-0.39, 0.29) is 17.7 Å². The zero-order chi connectivity index (χ0) is 11.5. The van der Waals surface area contributed by atoms with Gasteiger partial charge in [0.15, 0.2) is 0 Å². The van der Waals surface area contributed by atoms with E-state index in [1.165, 1.54) is 12.3 Å². The van der Waals surface area contributed by atoms with Crippen LogP contribution in [0, 0.1) is 0 Å². The monoisotopic (exact) mass is 240 g/mol. The van der Waals surface area contributed by atoms with Crippen LogP contribution in [0.5, 0.6) is 0 Å². The molecule has 0 spiro atoms. The van der Waals surface area contributed by atoms with Crippen LogP contribution in [0.2, 0.25) is 5.22 Å². The molecule has 0 saturated carbocycles. The second kappa shape index (κ2) is 4.28. The van der Waals surface area contributed by atoms with Crippen molar-refractivity contribution >= 4 is 23.3 Å². The van der Waals surface area contributed by atoms with Gasteiger partial charge in [-0.15, -0.1) is 0 Å². The Morgan fingerprint density at radius 1 is 1.69 bits per heavy atom. The molecule has 0 radical (unpaired) electrons. The van der Waals surface area contributed by atoms with E-state index in [4.69, 9.17) is 21.8 Å². The first-order valence-electron chi connectivity index (χ1n) is 4.47. The third-order valence-corrected chi connectivity index (χ3v) is 2.35. The summed E-state index contributed by atoms with van der Waals surface area (Å²) in [5.74, 6) is 0.109. The number of furan rings is 1. The summed E-state index contributed by atoms with van der Waals surface area (Å²) in [7, 11) is 0. The van der Waals surface area contributed by atoms with E-state index in [1.807, 2.05) is 0 Å². The molecule has 0 aliphatic carbocycles. The highest BCUT2D eigenvalue weighted by Crippen LogP contribution is 2.16. The topological polar surface area (TPSA) is 96.9 Å². The fourth-order valence-electron chi connectivity index (χ4n) is 1.19. The van der Waals surface area contributed by atoms with Gasteiger partial charge in [0.05, 0.1) is 18.0 Å². The molecule has 84 valence electrons. The number of carbonyl (C=O) groups is 1. The van der Waals surface area contributed by atoms with Crippen molar-refractivity contribution < 1.29 is 9.21 Å². The van der Waals surface area contributed by atoms with E-state index in [0.717, 1.165) is 0 Å². The molecule has 0 unspecified atom stereocenters. The number of nitrogen functional groups attached to an aromatic ring is 1. The maximum absolute atomic E-state index is 11.6. The molecule has 2 heterocycles. The van der Waals surface area contributed by atoms with E-state index in [0.29, 0.717) is 16.9 Å². The molecule has 0 atom stereocenters. The van der Waals surface area contributed by atoms with Crippen molar-refractivity contribution in [1.82, 2.24) is 15.5 Å². The lowest BCUT2D eigenvalue weighted by molar-refractivity contribution is 0.0950. The highest BCUT2D eigenvalue weighted by molar-refractivity contribution is 6.32. The Morgan fingerprint density at radius 3 is 3.06 bits per heavy atom. The van der Waals surface area contributed by atoms with Crippen LogP contribution in [0.1, 0.15) is 15.9 Å². The number of aromatic nitrogens is 2. The van der Waals surface area contributed by atoms with Crippen LogP contribution in [0.15, 0.2) is 22.9 Å². The van der Waals surface area contributed by atoms with Crippen molar-refractivity contribution in [1.29, 1.82) is 0 Å². The van der Waals surface area contributed by atoms with E-state index >= 15 is 0 Å². The van der Waals surface area contributed by atoms with Gasteiger partial charge in [0.1, 0.15) is 5.82 Å². The molecule has 4 N–H and O–H groups in total. The molecular weight excluding hydrogens is 232 g/mol. The maximum atomic E-state index is 11.6. The Labute approximate surface area is 95.8 Å². The van der Waals surface area contributed by atoms with Gasteiger partial charge >= 0.3 is 0 Å². The molecule has 0 saturated heterocycles. The summed E-state index contributed by atoms with van der Waals surface area (Å²) in [5.41, 5.74) is 6.57. The fraction of sp³-hybridized carbons (Fsp3) is 0.111. The second-order valence-corrected chi connectivity index (χ2v) is 3.44. The Hall–Kier alpha value is -1.95. The predicted molar refractivity (Wildman–Crippen MR) is 57.9 cm³/mol. The molecule has 0 bridgehead atoms. The number of hydrogen-bond acceptors (Lipinski definition) is 4. The summed E-state index contributed by atoms with van der Waals surface area (Å²) >= 11 is 5.66. The SMILES string of the molecule is Nc1[nH]ncc1CNC(=O)c1ccoc1Cl. The number of carbonyl (C=O) groups excluding carboxylic acids is 1. The number of nitrogens with one attached hydrogen (secondary N) is 2. The standard InChI is InChI=1S/C9H9ClN4O2/c10-7-6(1-2-16-7)9(15)12-3-5-4-13-14-8(5)11/h1-2,4H,3H2,(H,12,15)(H3,11,13,14). The van der Waals surface area contributed by atoms with E-state index in [9.17, 15) is 4.79 Å². The fourth-order valence-corrected chi connectivity index (χ4v) is 1.39. The van der Waals surface area contributed by atoms with Crippen LogP contribution in [0.3, 0.4) is 0 Å². The predicted octanol–water partition coefficient (Wildman–Crippen LogP) is 1.17. The summed E-state index contributed by atoms with van der Waals surface area (Å²) in [4.78, 5) is 11.6. The zero-order valence-electron chi connectivity index (χ0n) is 8.16. The number of nitrogens with zero attached hydrogens (tertiary/aromatic N) is 1. The molecule has 0 fully saturated rings. The van der Waals surface area contributed by atoms with Gasteiger partial charge in [-0.1, -0.05) is 0 Å². The first-order chi connectivity index (χ1) is 7.68. The molecule has 16 heavy (non-hydrogen) atoms. The minimum Gasteiger partial charge on any atom is -0.452 e. The van der Waals surface area contributed by atoms with Crippen molar-refractivity contribution in [3.63, 3.8) is 0 Å². The lowest BCUT2D eigenvalue weighted by Gasteiger charge is -2.02. The normalized spacial score (nSPS) is 10.3. The van der Waals surface area contributed by atoms with Crippen molar-refractivity contribution in [2.24, 2.45) is 0 Å². The van der Waals surface area contributed by atoms with Crippen LogP contribution in [-0.4, -0.2) is 16.1 Å². The highest BCUT2D eigenvalue weighted by atomic mass is 35.5. The first-order valence-corrected chi connectivity index (χ1v) is 4.85. The van der Waals surface area contributed by atoms with E-state index in [2.05, 4.69) is 15.5 Å². The largest absolute Gasteiger partial charge is 0.452 e. The summed E-state index contributed by atoms with van der Waals surface area (Å²) in [6, 6.07) is 1.50. The van der Waals surface area contributed by atoms with E-state index < -0.39 is 0 Å². The quantitative estimate of drug-likeness (QED) is 0.750. The van der Waals surface area contributed by atoms with Crippen LogP contribution < -0.4 is 11.1 Å². The van der Waals surface area contributed by atoms with Crippen molar-refractivity contribution in [2.75, 3.05) is 5.73 Å². The van der Waals surface area contributed by atoms with Gasteiger partial charge in [0.25, 0.3) is 5.91 Å². The zero-order valence-corrected chi connectivity index (χ0v) is 8.91. The third-order valence-electron chi connectivity index (χ3n) is 2.05. The number of halogens is 1. The van der Waals surface area contributed by atoms with Crippen LogP contribution in [0.25, 0.3) is 0 Å². The highest BCUT2D eigenvalue weighted by Gasteiger charge is 2.13. The molecule has 0 aromatic carbocycles. The summed E-state index contributed by atoms with van der Waals surface area (Å²) in [5, 5.41) is 9.02. The minimum absolute atomic E-state index is 0.0673.